The molecule has 0 radical (unpaired) electrons. The quantitative estimate of drug-likeness (QED) is 0.559. The van der Waals surface area contributed by atoms with Crippen LogP contribution in [0, 0.1) is 18.8 Å². The fourth-order valence-corrected chi connectivity index (χ4v) is 5.19. The van der Waals surface area contributed by atoms with E-state index in [1.54, 1.807) is 12.3 Å². The molecular formula is C24H28N6O3. The molecular weight excluding hydrogens is 420 g/mol. The highest BCUT2D eigenvalue weighted by molar-refractivity contribution is 5.84. The van der Waals surface area contributed by atoms with E-state index in [2.05, 4.69) is 25.9 Å². The van der Waals surface area contributed by atoms with E-state index in [0.29, 0.717) is 22.5 Å². The predicted molar refractivity (Wildman–Crippen MR) is 125 cm³/mol. The zero-order valence-electron chi connectivity index (χ0n) is 18.9. The first-order chi connectivity index (χ1) is 16.0. The van der Waals surface area contributed by atoms with Crippen LogP contribution in [0.1, 0.15) is 24.8 Å². The lowest BCUT2D eigenvalue weighted by molar-refractivity contribution is -0.131. The number of aromatic nitrogens is 3. The Bertz CT molecular complexity index is 1240. The SMILES string of the molecule is CONC(=O)Cn1c(=O)c(-c2ccccc2C)cc2cnc(NN3CC4CCCC4C3)nc21. The van der Waals surface area contributed by atoms with Crippen molar-refractivity contribution in [3.63, 3.8) is 0 Å². The van der Waals surface area contributed by atoms with Crippen molar-refractivity contribution in [3.05, 3.63) is 52.4 Å². The molecule has 2 atom stereocenters. The second kappa shape index (κ2) is 8.92. The summed E-state index contributed by atoms with van der Waals surface area (Å²) in [5.41, 5.74) is 8.00. The van der Waals surface area contributed by atoms with Crippen molar-refractivity contribution in [2.24, 2.45) is 11.8 Å². The summed E-state index contributed by atoms with van der Waals surface area (Å²) in [4.78, 5) is 39.7. The van der Waals surface area contributed by atoms with E-state index >= 15 is 0 Å². The van der Waals surface area contributed by atoms with Crippen molar-refractivity contribution in [3.8, 4) is 11.1 Å². The van der Waals surface area contributed by atoms with Gasteiger partial charge in [-0.25, -0.2) is 15.5 Å². The van der Waals surface area contributed by atoms with Gasteiger partial charge in [0, 0.05) is 30.2 Å². The molecule has 1 aromatic carbocycles. The van der Waals surface area contributed by atoms with E-state index < -0.39 is 5.91 Å². The first kappa shape index (κ1) is 21.5. The van der Waals surface area contributed by atoms with Crippen molar-refractivity contribution in [1.29, 1.82) is 0 Å². The van der Waals surface area contributed by atoms with Gasteiger partial charge in [-0.3, -0.25) is 24.4 Å². The molecule has 9 nitrogen and oxygen atoms in total. The number of hydrogen-bond acceptors (Lipinski definition) is 7. The third-order valence-corrected chi connectivity index (χ3v) is 6.76. The molecule has 2 N–H and O–H groups in total. The molecule has 0 bridgehead atoms. The zero-order valence-corrected chi connectivity index (χ0v) is 18.9. The molecule has 1 aliphatic heterocycles. The van der Waals surface area contributed by atoms with E-state index in [4.69, 9.17) is 4.84 Å². The number of hydroxylamine groups is 1. The van der Waals surface area contributed by atoms with Crippen LogP contribution in [-0.2, 0) is 16.2 Å². The van der Waals surface area contributed by atoms with Crippen LogP contribution in [-0.4, -0.2) is 45.7 Å². The Morgan fingerprint density at radius 3 is 2.67 bits per heavy atom. The molecule has 0 spiro atoms. The molecule has 1 amide bonds. The van der Waals surface area contributed by atoms with Gasteiger partial charge < -0.3 is 0 Å². The maximum atomic E-state index is 13.5. The van der Waals surface area contributed by atoms with Crippen molar-refractivity contribution >= 4 is 22.9 Å². The number of fused-ring (bicyclic) bond motifs is 2. The Labute approximate surface area is 191 Å². The lowest BCUT2D eigenvalue weighted by Gasteiger charge is -2.19. The average molecular weight is 449 g/mol. The summed E-state index contributed by atoms with van der Waals surface area (Å²) in [5.74, 6) is 1.44. The summed E-state index contributed by atoms with van der Waals surface area (Å²) < 4.78 is 1.39. The number of pyridine rings is 1. The summed E-state index contributed by atoms with van der Waals surface area (Å²) >= 11 is 0. The first-order valence-corrected chi connectivity index (χ1v) is 11.3. The van der Waals surface area contributed by atoms with Gasteiger partial charge in [0.15, 0.2) is 0 Å². The predicted octanol–water partition coefficient (Wildman–Crippen LogP) is 2.50. The third kappa shape index (κ3) is 4.21. The van der Waals surface area contributed by atoms with Crippen LogP contribution >= 0.6 is 0 Å². The van der Waals surface area contributed by atoms with Crippen LogP contribution in [0.3, 0.4) is 0 Å². The van der Waals surface area contributed by atoms with Crippen molar-refractivity contribution in [1.82, 2.24) is 25.0 Å². The largest absolute Gasteiger partial charge is 0.287 e. The second-order valence-corrected chi connectivity index (χ2v) is 8.93. The molecule has 1 saturated heterocycles. The third-order valence-electron chi connectivity index (χ3n) is 6.76. The van der Waals surface area contributed by atoms with Gasteiger partial charge in [-0.15, -0.1) is 0 Å². The lowest BCUT2D eigenvalue weighted by atomic mass is 10.0. The van der Waals surface area contributed by atoms with E-state index in [1.807, 2.05) is 31.2 Å². The molecule has 3 heterocycles. The van der Waals surface area contributed by atoms with E-state index in [9.17, 15) is 9.59 Å². The second-order valence-electron chi connectivity index (χ2n) is 8.93. The molecule has 2 fully saturated rings. The van der Waals surface area contributed by atoms with Gasteiger partial charge in [0.2, 0.25) is 5.95 Å². The number of rotatable bonds is 6. The minimum atomic E-state index is -0.441. The number of benzene rings is 1. The van der Waals surface area contributed by atoms with E-state index in [0.717, 1.165) is 36.1 Å². The highest BCUT2D eigenvalue weighted by Crippen LogP contribution is 2.37. The number of carbonyl (C=O) groups is 1. The fourth-order valence-electron chi connectivity index (χ4n) is 5.19. The van der Waals surface area contributed by atoms with Crippen LogP contribution in [0.25, 0.3) is 22.2 Å². The fraction of sp³-hybridized carbons (Fsp3) is 0.417. The number of amides is 1. The Kier molecular flexibility index (Phi) is 5.82. The minimum Gasteiger partial charge on any atom is -0.287 e. The van der Waals surface area contributed by atoms with Crippen LogP contribution in [0.5, 0.6) is 0 Å². The Balaban J connectivity index is 1.55. The Morgan fingerprint density at radius 1 is 1.18 bits per heavy atom. The van der Waals surface area contributed by atoms with E-state index in [1.165, 1.54) is 30.9 Å². The zero-order chi connectivity index (χ0) is 22.9. The number of nitrogens with zero attached hydrogens (tertiary/aromatic N) is 4. The summed E-state index contributed by atoms with van der Waals surface area (Å²) in [6.07, 6.45) is 5.57. The van der Waals surface area contributed by atoms with E-state index in [-0.39, 0.29) is 12.1 Å². The van der Waals surface area contributed by atoms with Gasteiger partial charge in [-0.2, -0.15) is 4.98 Å². The highest BCUT2D eigenvalue weighted by Gasteiger charge is 2.36. The van der Waals surface area contributed by atoms with Gasteiger partial charge in [0.1, 0.15) is 12.2 Å². The topological polar surface area (TPSA) is 101 Å². The molecule has 2 aromatic heterocycles. The number of carbonyl (C=O) groups excluding carboxylic acids is 1. The number of nitrogens with one attached hydrogen (secondary N) is 2. The van der Waals surface area contributed by atoms with Gasteiger partial charge in [-0.1, -0.05) is 30.7 Å². The average Bonchev–Trinajstić information content (AvgIpc) is 3.38. The van der Waals surface area contributed by atoms with Crippen LogP contribution in [0.15, 0.2) is 41.3 Å². The molecule has 3 aromatic rings. The van der Waals surface area contributed by atoms with Gasteiger partial charge in [0.05, 0.1) is 7.11 Å². The summed E-state index contributed by atoms with van der Waals surface area (Å²) in [5, 5.41) is 2.85. The number of hydrogen-bond donors (Lipinski definition) is 2. The summed E-state index contributed by atoms with van der Waals surface area (Å²) in [6.45, 7) is 3.69. The molecule has 9 heteroatoms. The monoisotopic (exact) mass is 448 g/mol. The maximum Gasteiger partial charge on any atom is 0.263 e. The molecule has 33 heavy (non-hydrogen) atoms. The normalized spacial score (nSPS) is 20.2. The standard InChI is InChI=1S/C24H28N6O3/c1-15-6-3-4-9-19(15)20-10-18-11-25-24(27-29-12-16-7-5-8-17(16)13-29)26-22(18)30(23(20)32)14-21(31)28-33-2/h3-4,6,9-11,16-17H,5,7-8,12-14H2,1-2H3,(H,28,31)(H,25,26,27). The highest BCUT2D eigenvalue weighted by atomic mass is 16.6. The number of hydrazine groups is 1. The van der Waals surface area contributed by atoms with Gasteiger partial charge in [-0.05, 0) is 48.8 Å². The number of anilines is 1. The number of aryl methyl sites for hydroxylation is 1. The minimum absolute atomic E-state index is 0.215. The molecule has 2 aliphatic rings. The Hall–Kier alpha value is -3.30. The maximum absolute atomic E-state index is 13.5. The van der Waals surface area contributed by atoms with Crippen molar-refractivity contribution in [2.45, 2.75) is 32.7 Å². The van der Waals surface area contributed by atoms with Crippen LogP contribution in [0.2, 0.25) is 0 Å². The van der Waals surface area contributed by atoms with Crippen LogP contribution < -0.4 is 16.5 Å². The molecule has 5 rings (SSSR count). The summed E-state index contributed by atoms with van der Waals surface area (Å²) in [7, 11) is 1.36. The molecule has 172 valence electrons. The smallest absolute Gasteiger partial charge is 0.263 e. The molecule has 1 saturated carbocycles. The van der Waals surface area contributed by atoms with Crippen molar-refractivity contribution < 1.29 is 9.63 Å². The molecule has 2 unspecified atom stereocenters. The lowest BCUT2D eigenvalue weighted by Crippen LogP contribution is -2.33. The van der Waals surface area contributed by atoms with Gasteiger partial charge in [0.25, 0.3) is 11.5 Å². The van der Waals surface area contributed by atoms with Crippen LogP contribution in [0.4, 0.5) is 5.95 Å². The van der Waals surface area contributed by atoms with Gasteiger partial charge >= 0.3 is 0 Å². The molecule has 1 aliphatic carbocycles. The van der Waals surface area contributed by atoms with Crippen molar-refractivity contribution in [2.75, 3.05) is 25.6 Å². The first-order valence-electron chi connectivity index (χ1n) is 11.3. The summed E-state index contributed by atoms with van der Waals surface area (Å²) in [6, 6.07) is 9.48. The Morgan fingerprint density at radius 2 is 1.94 bits per heavy atom.